The number of hydrogen-bond donors (Lipinski definition) is 1. The van der Waals surface area contributed by atoms with Crippen molar-refractivity contribution in [2.75, 3.05) is 6.61 Å². The van der Waals surface area contributed by atoms with Gasteiger partial charge in [0.2, 0.25) is 0 Å². The molecule has 1 heterocycles. The number of rotatable bonds is 5. The zero-order chi connectivity index (χ0) is 20.3. The highest BCUT2D eigenvalue weighted by molar-refractivity contribution is 6.31. The van der Waals surface area contributed by atoms with Gasteiger partial charge in [-0.3, -0.25) is 5.01 Å². The van der Waals surface area contributed by atoms with Crippen LogP contribution in [-0.2, 0) is 9.53 Å². The van der Waals surface area contributed by atoms with Gasteiger partial charge in [-0.25, -0.2) is 4.79 Å². The first kappa shape index (κ1) is 20.2. The van der Waals surface area contributed by atoms with Gasteiger partial charge in [-0.05, 0) is 49.7 Å². The molecule has 2 aromatic rings. The van der Waals surface area contributed by atoms with Gasteiger partial charge in [-0.15, -0.1) is 0 Å². The third-order valence-electron chi connectivity index (χ3n) is 4.41. The zero-order valence-electron chi connectivity index (χ0n) is 15.5. The first-order chi connectivity index (χ1) is 13.4. The van der Waals surface area contributed by atoms with Crippen molar-refractivity contribution in [1.82, 2.24) is 5.01 Å². The number of phenols is 1. The van der Waals surface area contributed by atoms with E-state index in [0.717, 1.165) is 11.3 Å². The van der Waals surface area contributed by atoms with Crippen LogP contribution in [0.4, 0.5) is 0 Å². The molecule has 0 saturated heterocycles. The first-order valence-electron chi connectivity index (χ1n) is 8.85. The van der Waals surface area contributed by atoms with Crippen molar-refractivity contribution in [3.8, 4) is 5.75 Å². The zero-order valence-corrected chi connectivity index (χ0v) is 17.0. The number of hydrogen-bond acceptors (Lipinski definition) is 5. The molecule has 7 heteroatoms. The number of benzene rings is 2. The molecule has 2 aromatic carbocycles. The molecule has 0 saturated carbocycles. The minimum absolute atomic E-state index is 0.121. The SMILES string of the molecule is CCOC(=O)/C=C(\C)N1N=C(c2ccc(Cl)cc2)C[C@@H]1c1cc(Cl)ccc1O. The lowest BCUT2D eigenvalue weighted by molar-refractivity contribution is -0.137. The Labute approximate surface area is 173 Å². The number of carbonyl (C=O) groups excluding carboxylic acids is 1. The van der Waals surface area contributed by atoms with Gasteiger partial charge in [0.05, 0.1) is 18.4 Å². The Hall–Kier alpha value is -2.50. The summed E-state index contributed by atoms with van der Waals surface area (Å²) >= 11 is 12.1. The largest absolute Gasteiger partial charge is 0.508 e. The Morgan fingerprint density at radius 3 is 2.61 bits per heavy atom. The third kappa shape index (κ3) is 4.49. The van der Waals surface area contributed by atoms with Gasteiger partial charge in [-0.1, -0.05) is 35.3 Å². The Morgan fingerprint density at radius 1 is 1.25 bits per heavy atom. The fourth-order valence-corrected chi connectivity index (χ4v) is 3.41. The van der Waals surface area contributed by atoms with Gasteiger partial charge in [0.15, 0.2) is 0 Å². The molecule has 0 amide bonds. The summed E-state index contributed by atoms with van der Waals surface area (Å²) in [6.45, 7) is 3.82. The van der Waals surface area contributed by atoms with Crippen molar-refractivity contribution in [3.63, 3.8) is 0 Å². The summed E-state index contributed by atoms with van der Waals surface area (Å²) in [7, 11) is 0. The Bertz CT molecular complexity index is 939. The third-order valence-corrected chi connectivity index (χ3v) is 4.90. The molecule has 5 nitrogen and oxygen atoms in total. The topological polar surface area (TPSA) is 62.1 Å². The van der Waals surface area contributed by atoms with E-state index >= 15 is 0 Å². The van der Waals surface area contributed by atoms with Crippen molar-refractivity contribution < 1.29 is 14.6 Å². The number of esters is 1. The van der Waals surface area contributed by atoms with Gasteiger partial charge in [0, 0.05) is 33.8 Å². The van der Waals surface area contributed by atoms with E-state index in [1.54, 1.807) is 49.2 Å². The van der Waals surface area contributed by atoms with E-state index < -0.39 is 5.97 Å². The molecular formula is C21H20Cl2N2O3. The maximum absolute atomic E-state index is 11.9. The molecule has 3 rings (SSSR count). The normalized spacial score (nSPS) is 16.9. The summed E-state index contributed by atoms with van der Waals surface area (Å²) in [5, 5.41) is 18.0. The monoisotopic (exact) mass is 418 g/mol. The number of nitrogens with zero attached hydrogens (tertiary/aromatic N) is 2. The molecule has 0 aliphatic carbocycles. The number of hydrazone groups is 1. The lowest BCUT2D eigenvalue weighted by Crippen LogP contribution is -2.19. The summed E-state index contributed by atoms with van der Waals surface area (Å²) in [6, 6.07) is 12.0. The van der Waals surface area contributed by atoms with Crippen LogP contribution in [0.5, 0.6) is 5.75 Å². The molecule has 28 heavy (non-hydrogen) atoms. The second-order valence-corrected chi connectivity index (χ2v) is 7.23. The van der Waals surface area contributed by atoms with E-state index in [2.05, 4.69) is 0 Å². The van der Waals surface area contributed by atoms with Crippen LogP contribution in [0, 0.1) is 0 Å². The van der Waals surface area contributed by atoms with Gasteiger partial charge in [-0.2, -0.15) is 5.10 Å². The smallest absolute Gasteiger partial charge is 0.332 e. The molecule has 0 aromatic heterocycles. The van der Waals surface area contributed by atoms with E-state index in [9.17, 15) is 9.90 Å². The molecule has 0 fully saturated rings. The maximum Gasteiger partial charge on any atom is 0.332 e. The van der Waals surface area contributed by atoms with Crippen LogP contribution in [0.3, 0.4) is 0 Å². The highest BCUT2D eigenvalue weighted by atomic mass is 35.5. The molecule has 1 aliphatic heterocycles. The van der Waals surface area contributed by atoms with Crippen LogP contribution in [0.1, 0.15) is 37.4 Å². The lowest BCUT2D eigenvalue weighted by Gasteiger charge is -2.25. The molecule has 146 valence electrons. The van der Waals surface area contributed by atoms with E-state index in [0.29, 0.717) is 34.3 Å². The second kappa shape index (κ2) is 8.67. The van der Waals surface area contributed by atoms with E-state index in [1.807, 2.05) is 12.1 Å². The summed E-state index contributed by atoms with van der Waals surface area (Å²) in [5.74, 6) is -0.319. The number of phenolic OH excluding ortho intramolecular Hbond substituents is 1. The van der Waals surface area contributed by atoms with E-state index in [-0.39, 0.29) is 11.8 Å². The number of halogens is 2. The van der Waals surface area contributed by atoms with Gasteiger partial charge < -0.3 is 9.84 Å². The Balaban J connectivity index is 2.01. The molecule has 0 radical (unpaired) electrons. The highest BCUT2D eigenvalue weighted by Gasteiger charge is 2.32. The summed E-state index contributed by atoms with van der Waals surface area (Å²) in [6.07, 6.45) is 1.93. The minimum Gasteiger partial charge on any atom is -0.508 e. The molecular weight excluding hydrogens is 399 g/mol. The fraction of sp³-hybridized carbons (Fsp3) is 0.238. The maximum atomic E-state index is 11.9. The van der Waals surface area contributed by atoms with Crippen molar-refractivity contribution in [1.29, 1.82) is 0 Å². The van der Waals surface area contributed by atoms with Crippen LogP contribution in [0.15, 0.2) is 59.3 Å². The van der Waals surface area contributed by atoms with E-state index in [1.165, 1.54) is 6.08 Å². The van der Waals surface area contributed by atoms with Crippen LogP contribution < -0.4 is 0 Å². The molecule has 0 unspecified atom stereocenters. The number of ether oxygens (including phenoxy) is 1. The Morgan fingerprint density at radius 2 is 1.93 bits per heavy atom. The average Bonchev–Trinajstić information content (AvgIpc) is 3.09. The van der Waals surface area contributed by atoms with Crippen molar-refractivity contribution in [3.05, 3.63) is 75.4 Å². The minimum atomic E-state index is -0.441. The lowest BCUT2D eigenvalue weighted by atomic mass is 9.97. The predicted octanol–water partition coefficient (Wildman–Crippen LogP) is 5.32. The number of carbonyl (C=O) groups is 1. The van der Waals surface area contributed by atoms with Crippen LogP contribution in [-0.4, -0.2) is 28.4 Å². The molecule has 1 N–H and O–H groups in total. The standard InChI is InChI=1S/C21H20Cl2N2O3/c1-3-28-21(27)10-13(2)25-19(17-11-16(23)8-9-20(17)26)12-18(24-25)14-4-6-15(22)7-5-14/h4-11,19,26H,3,12H2,1-2H3/b13-10+/t19-/m1/s1. The summed E-state index contributed by atoms with van der Waals surface area (Å²) in [4.78, 5) is 11.9. The van der Waals surface area contributed by atoms with Crippen molar-refractivity contribution >= 4 is 34.9 Å². The van der Waals surface area contributed by atoms with Crippen molar-refractivity contribution in [2.45, 2.75) is 26.3 Å². The highest BCUT2D eigenvalue weighted by Crippen LogP contribution is 2.40. The van der Waals surface area contributed by atoms with Crippen LogP contribution >= 0.6 is 23.2 Å². The summed E-state index contributed by atoms with van der Waals surface area (Å²) in [5.41, 5.74) is 2.98. The number of allylic oxidation sites excluding steroid dienone is 1. The van der Waals surface area contributed by atoms with Gasteiger partial charge >= 0.3 is 5.97 Å². The Kier molecular flexibility index (Phi) is 6.27. The molecule has 0 bridgehead atoms. The average molecular weight is 419 g/mol. The second-order valence-electron chi connectivity index (χ2n) is 6.36. The van der Waals surface area contributed by atoms with E-state index in [4.69, 9.17) is 33.0 Å². The van der Waals surface area contributed by atoms with Crippen molar-refractivity contribution in [2.24, 2.45) is 5.10 Å². The summed E-state index contributed by atoms with van der Waals surface area (Å²) < 4.78 is 5.00. The number of aromatic hydroxyl groups is 1. The molecule has 1 atom stereocenters. The molecule has 0 spiro atoms. The van der Waals surface area contributed by atoms with Gasteiger partial charge in [0.1, 0.15) is 5.75 Å². The fourth-order valence-electron chi connectivity index (χ4n) is 3.11. The molecule has 1 aliphatic rings. The predicted molar refractivity (Wildman–Crippen MR) is 111 cm³/mol. The van der Waals surface area contributed by atoms with Gasteiger partial charge in [0.25, 0.3) is 0 Å². The quantitative estimate of drug-likeness (QED) is 0.527. The van der Waals surface area contributed by atoms with Crippen LogP contribution in [0.2, 0.25) is 10.0 Å². The van der Waals surface area contributed by atoms with Crippen LogP contribution in [0.25, 0.3) is 0 Å². The first-order valence-corrected chi connectivity index (χ1v) is 9.60.